The van der Waals surface area contributed by atoms with Gasteiger partial charge in [-0.05, 0) is 17.5 Å². The van der Waals surface area contributed by atoms with E-state index in [1.165, 1.54) is 6.07 Å². The minimum absolute atomic E-state index is 0.242. The van der Waals surface area contributed by atoms with Crippen molar-refractivity contribution in [3.05, 3.63) is 65.6 Å². The number of nitrogens with two attached hydrogens (primary N) is 1. The highest BCUT2D eigenvalue weighted by molar-refractivity contribution is 7.13. The minimum Gasteiger partial charge on any atom is -0.328 e. The molecule has 2 N–H and O–H groups in total. The van der Waals surface area contributed by atoms with E-state index in [1.807, 2.05) is 34.3 Å². The van der Waals surface area contributed by atoms with E-state index in [0.717, 1.165) is 10.7 Å². The molecular weight excluding hydrogens is 273 g/mol. The monoisotopic (exact) mass is 287 g/mol. The summed E-state index contributed by atoms with van der Waals surface area (Å²) in [4.78, 5) is 5.42. The van der Waals surface area contributed by atoms with Gasteiger partial charge in [-0.3, -0.25) is 0 Å². The smallest absolute Gasteiger partial charge is 0.150 e. The van der Waals surface area contributed by atoms with Gasteiger partial charge in [0.05, 0.1) is 10.9 Å². The number of imidazole rings is 1. The zero-order valence-electron chi connectivity index (χ0n) is 10.7. The molecule has 3 nitrogen and oxygen atoms in total. The van der Waals surface area contributed by atoms with Crippen LogP contribution in [-0.2, 0) is 0 Å². The summed E-state index contributed by atoms with van der Waals surface area (Å²) in [5.41, 5.74) is 6.46. The lowest BCUT2D eigenvalue weighted by Crippen LogP contribution is -2.21. The summed E-state index contributed by atoms with van der Waals surface area (Å²) in [6.07, 6.45) is 3.57. The van der Waals surface area contributed by atoms with E-state index >= 15 is 0 Å². The number of nitrogens with zero attached hydrogens (tertiary/aromatic N) is 2. The topological polar surface area (TPSA) is 43.8 Å². The molecule has 0 aliphatic heterocycles. The van der Waals surface area contributed by atoms with E-state index in [9.17, 15) is 4.39 Å². The van der Waals surface area contributed by atoms with Crippen molar-refractivity contribution >= 4 is 11.3 Å². The maximum absolute atomic E-state index is 14.0. The normalized spacial score (nSPS) is 12.5. The van der Waals surface area contributed by atoms with Gasteiger partial charge >= 0.3 is 0 Å². The molecule has 0 aliphatic carbocycles. The summed E-state index contributed by atoms with van der Waals surface area (Å²) in [5, 5.41) is 1.99. The largest absolute Gasteiger partial charge is 0.328 e. The molecular formula is C15H14FN3S. The average molecular weight is 287 g/mol. The lowest BCUT2D eigenvalue weighted by Gasteiger charge is -2.19. The van der Waals surface area contributed by atoms with Gasteiger partial charge in [-0.15, -0.1) is 11.3 Å². The number of aromatic nitrogens is 2. The summed E-state index contributed by atoms with van der Waals surface area (Å²) in [5.74, 6) is 0.576. The molecule has 0 amide bonds. The highest BCUT2D eigenvalue weighted by atomic mass is 32.1. The summed E-state index contributed by atoms with van der Waals surface area (Å²) in [6, 6.07) is 10.4. The van der Waals surface area contributed by atoms with Gasteiger partial charge in [0.25, 0.3) is 0 Å². The van der Waals surface area contributed by atoms with E-state index in [0.29, 0.717) is 12.1 Å². The quantitative estimate of drug-likeness (QED) is 0.800. The fraction of sp³-hybridized carbons (Fsp3) is 0.133. The van der Waals surface area contributed by atoms with Crippen molar-refractivity contribution < 1.29 is 4.39 Å². The predicted molar refractivity (Wildman–Crippen MR) is 79.1 cm³/mol. The Bertz CT molecular complexity index is 691. The van der Waals surface area contributed by atoms with Crippen LogP contribution in [0.25, 0.3) is 10.7 Å². The van der Waals surface area contributed by atoms with E-state index in [-0.39, 0.29) is 11.9 Å². The first kappa shape index (κ1) is 13.0. The molecule has 0 aliphatic rings. The van der Waals surface area contributed by atoms with Gasteiger partial charge in [-0.1, -0.05) is 24.3 Å². The Labute approximate surface area is 120 Å². The van der Waals surface area contributed by atoms with Crippen molar-refractivity contribution in [1.29, 1.82) is 0 Å². The molecule has 2 heterocycles. The first-order valence-corrected chi connectivity index (χ1v) is 7.20. The van der Waals surface area contributed by atoms with Crippen molar-refractivity contribution in [1.82, 2.24) is 9.55 Å². The Hall–Kier alpha value is -1.98. The zero-order valence-corrected chi connectivity index (χ0v) is 11.6. The van der Waals surface area contributed by atoms with Gasteiger partial charge in [-0.25, -0.2) is 9.37 Å². The standard InChI is InChI=1S/C15H14FN3S/c16-12-5-2-1-4-11(12)13(10-17)19-8-7-18-15(19)14-6-3-9-20-14/h1-9,13H,10,17H2. The van der Waals surface area contributed by atoms with Gasteiger partial charge < -0.3 is 10.3 Å². The van der Waals surface area contributed by atoms with Gasteiger partial charge in [0.2, 0.25) is 0 Å². The molecule has 3 rings (SSSR count). The van der Waals surface area contributed by atoms with Crippen LogP contribution in [0.5, 0.6) is 0 Å². The molecule has 5 heteroatoms. The fourth-order valence-corrected chi connectivity index (χ4v) is 3.02. The molecule has 1 atom stereocenters. The Morgan fingerprint density at radius 1 is 1.25 bits per heavy atom. The van der Waals surface area contributed by atoms with Crippen molar-refractivity contribution in [2.75, 3.05) is 6.54 Å². The highest BCUT2D eigenvalue weighted by Gasteiger charge is 2.19. The van der Waals surface area contributed by atoms with Gasteiger partial charge in [0.15, 0.2) is 5.82 Å². The third kappa shape index (κ3) is 2.26. The number of halogens is 1. The highest BCUT2D eigenvalue weighted by Crippen LogP contribution is 2.29. The summed E-state index contributed by atoms with van der Waals surface area (Å²) >= 11 is 1.60. The minimum atomic E-state index is -0.254. The van der Waals surface area contributed by atoms with E-state index in [2.05, 4.69) is 4.98 Å². The molecule has 0 saturated heterocycles. The van der Waals surface area contributed by atoms with Crippen LogP contribution in [0.3, 0.4) is 0 Å². The molecule has 1 aromatic carbocycles. The lowest BCUT2D eigenvalue weighted by molar-refractivity contribution is 0.540. The van der Waals surface area contributed by atoms with Crippen LogP contribution in [-0.4, -0.2) is 16.1 Å². The predicted octanol–water partition coefficient (Wildman–Crippen LogP) is 3.30. The summed E-state index contributed by atoms with van der Waals surface area (Å²) in [6.45, 7) is 0.315. The number of hydrogen-bond acceptors (Lipinski definition) is 3. The van der Waals surface area contributed by atoms with Crippen molar-refractivity contribution in [2.45, 2.75) is 6.04 Å². The summed E-state index contributed by atoms with van der Waals surface area (Å²) < 4.78 is 15.9. The molecule has 0 saturated carbocycles. The maximum Gasteiger partial charge on any atom is 0.150 e. The van der Waals surface area contributed by atoms with Crippen LogP contribution in [0.15, 0.2) is 54.2 Å². The van der Waals surface area contributed by atoms with E-state index < -0.39 is 0 Å². The SMILES string of the molecule is NCC(c1ccccc1F)n1ccnc1-c1cccs1. The lowest BCUT2D eigenvalue weighted by atomic mass is 10.1. The Balaban J connectivity index is 2.08. The number of thiophene rings is 1. The molecule has 0 spiro atoms. The van der Waals surface area contributed by atoms with Crippen molar-refractivity contribution in [3.8, 4) is 10.7 Å². The van der Waals surface area contributed by atoms with Crippen LogP contribution in [0.2, 0.25) is 0 Å². The van der Waals surface area contributed by atoms with Crippen LogP contribution in [0.4, 0.5) is 4.39 Å². The third-order valence-corrected chi connectivity index (χ3v) is 4.10. The zero-order chi connectivity index (χ0) is 13.9. The van der Waals surface area contributed by atoms with Crippen LogP contribution in [0, 0.1) is 5.82 Å². The van der Waals surface area contributed by atoms with Gasteiger partial charge in [0.1, 0.15) is 5.82 Å². The molecule has 3 aromatic rings. The molecule has 20 heavy (non-hydrogen) atoms. The number of rotatable bonds is 4. The number of hydrogen-bond donors (Lipinski definition) is 1. The molecule has 0 bridgehead atoms. The Morgan fingerprint density at radius 2 is 2.10 bits per heavy atom. The van der Waals surface area contributed by atoms with Crippen LogP contribution < -0.4 is 5.73 Å². The second-order valence-electron chi connectivity index (χ2n) is 4.41. The van der Waals surface area contributed by atoms with Crippen LogP contribution in [0.1, 0.15) is 11.6 Å². The molecule has 0 fully saturated rings. The Kier molecular flexibility index (Phi) is 3.62. The third-order valence-electron chi connectivity index (χ3n) is 3.23. The second-order valence-corrected chi connectivity index (χ2v) is 5.36. The number of benzene rings is 1. The Morgan fingerprint density at radius 3 is 2.80 bits per heavy atom. The second kappa shape index (κ2) is 5.56. The van der Waals surface area contributed by atoms with E-state index in [4.69, 9.17) is 5.73 Å². The van der Waals surface area contributed by atoms with Crippen molar-refractivity contribution in [2.24, 2.45) is 5.73 Å². The van der Waals surface area contributed by atoms with Gasteiger partial charge in [-0.2, -0.15) is 0 Å². The molecule has 0 radical (unpaired) electrons. The molecule has 102 valence electrons. The molecule has 1 unspecified atom stereocenters. The van der Waals surface area contributed by atoms with E-state index in [1.54, 1.807) is 29.7 Å². The molecule has 2 aromatic heterocycles. The van der Waals surface area contributed by atoms with Crippen molar-refractivity contribution in [3.63, 3.8) is 0 Å². The summed E-state index contributed by atoms with van der Waals surface area (Å²) in [7, 11) is 0. The maximum atomic E-state index is 14.0. The average Bonchev–Trinajstić information content (AvgIpc) is 3.11. The van der Waals surface area contributed by atoms with Gasteiger partial charge in [0, 0.05) is 24.5 Å². The van der Waals surface area contributed by atoms with Crippen LogP contribution >= 0.6 is 11.3 Å². The first-order chi connectivity index (χ1) is 9.81. The first-order valence-electron chi connectivity index (χ1n) is 6.32. The fourth-order valence-electron chi connectivity index (χ4n) is 2.30.